The number of aliphatic carboxylic acids is 1. The van der Waals surface area contributed by atoms with Gasteiger partial charge >= 0.3 is 18.2 Å². The molecular formula is C26H31F3N2O3S. The number of amides is 2. The van der Waals surface area contributed by atoms with Crippen molar-refractivity contribution >= 4 is 29.4 Å². The Balaban J connectivity index is 1.73. The van der Waals surface area contributed by atoms with Crippen LogP contribution in [0.5, 0.6) is 0 Å². The molecule has 0 aromatic heterocycles. The summed E-state index contributed by atoms with van der Waals surface area (Å²) in [7, 11) is 0. The number of urea groups is 1. The lowest BCUT2D eigenvalue weighted by Crippen LogP contribution is -2.44. The van der Waals surface area contributed by atoms with Crippen molar-refractivity contribution in [3.8, 4) is 0 Å². The largest absolute Gasteiger partial charge is 0.480 e. The number of hydrogen-bond acceptors (Lipinski definition) is 3. The van der Waals surface area contributed by atoms with E-state index in [-0.39, 0.29) is 12.1 Å². The number of carboxylic acids is 1. The predicted molar refractivity (Wildman–Crippen MR) is 132 cm³/mol. The maximum atomic E-state index is 13.2. The molecule has 1 unspecified atom stereocenters. The molecule has 35 heavy (non-hydrogen) atoms. The molecule has 9 heteroatoms. The SMILES string of the molecule is CCCCCN(C(=O)Nc1ccc(C(F)(F)F)cc1)C1Cc2ccc(SC(C)(C)C(=O)O)cc2C1. The minimum Gasteiger partial charge on any atom is -0.480 e. The molecule has 0 aliphatic heterocycles. The van der Waals surface area contributed by atoms with Gasteiger partial charge in [0.2, 0.25) is 0 Å². The topological polar surface area (TPSA) is 69.6 Å². The van der Waals surface area contributed by atoms with Crippen LogP contribution in [0.25, 0.3) is 0 Å². The van der Waals surface area contributed by atoms with Gasteiger partial charge in [0.25, 0.3) is 0 Å². The van der Waals surface area contributed by atoms with Crippen LogP contribution in [0.3, 0.4) is 0 Å². The fraction of sp³-hybridized carbons (Fsp3) is 0.462. The fourth-order valence-electron chi connectivity index (χ4n) is 4.11. The Morgan fingerprint density at radius 2 is 1.71 bits per heavy atom. The fourth-order valence-corrected chi connectivity index (χ4v) is 5.13. The third kappa shape index (κ3) is 6.93. The van der Waals surface area contributed by atoms with Gasteiger partial charge in [0, 0.05) is 23.2 Å². The van der Waals surface area contributed by atoms with Gasteiger partial charge in [-0.3, -0.25) is 4.79 Å². The first-order chi connectivity index (χ1) is 16.4. The molecule has 2 N–H and O–H groups in total. The average Bonchev–Trinajstić information content (AvgIpc) is 3.19. The second kappa shape index (κ2) is 10.9. The summed E-state index contributed by atoms with van der Waals surface area (Å²) in [6.45, 7) is 5.95. The summed E-state index contributed by atoms with van der Waals surface area (Å²) in [5.41, 5.74) is 1.76. The van der Waals surface area contributed by atoms with Crippen molar-refractivity contribution in [2.75, 3.05) is 11.9 Å². The molecule has 2 amide bonds. The molecule has 2 aromatic rings. The summed E-state index contributed by atoms with van der Waals surface area (Å²) in [5.74, 6) is -0.886. The maximum absolute atomic E-state index is 13.2. The third-order valence-corrected chi connectivity index (χ3v) is 7.32. The van der Waals surface area contributed by atoms with Crippen molar-refractivity contribution in [2.45, 2.75) is 74.7 Å². The minimum absolute atomic E-state index is 0.0796. The molecule has 0 saturated heterocycles. The van der Waals surface area contributed by atoms with Gasteiger partial charge in [-0.25, -0.2) is 4.79 Å². The number of carbonyl (C=O) groups is 2. The zero-order chi connectivity index (χ0) is 25.8. The summed E-state index contributed by atoms with van der Waals surface area (Å²) < 4.78 is 37.6. The van der Waals surface area contributed by atoms with Gasteiger partial charge in [-0.05, 0) is 80.6 Å². The number of fused-ring (bicyclic) bond motifs is 1. The monoisotopic (exact) mass is 508 g/mol. The number of anilines is 1. The highest BCUT2D eigenvalue weighted by Gasteiger charge is 2.33. The van der Waals surface area contributed by atoms with Crippen LogP contribution in [0.2, 0.25) is 0 Å². The van der Waals surface area contributed by atoms with Crippen LogP contribution in [0.1, 0.15) is 56.7 Å². The number of rotatable bonds is 9. The van der Waals surface area contributed by atoms with Gasteiger partial charge in [0.15, 0.2) is 0 Å². The smallest absolute Gasteiger partial charge is 0.416 e. The van der Waals surface area contributed by atoms with E-state index in [9.17, 15) is 27.9 Å². The number of hydrogen-bond donors (Lipinski definition) is 2. The molecule has 3 rings (SSSR count). The zero-order valence-corrected chi connectivity index (χ0v) is 20.9. The van der Waals surface area contributed by atoms with Crippen LogP contribution in [-0.2, 0) is 23.8 Å². The van der Waals surface area contributed by atoms with Crippen LogP contribution in [0, 0.1) is 0 Å². The Morgan fingerprint density at radius 3 is 2.31 bits per heavy atom. The second-order valence-electron chi connectivity index (χ2n) is 9.32. The van der Waals surface area contributed by atoms with Crippen molar-refractivity contribution in [3.63, 3.8) is 0 Å². The number of thioether (sulfide) groups is 1. The molecule has 0 heterocycles. The van der Waals surface area contributed by atoms with Gasteiger partial charge in [0.05, 0.1) is 5.56 Å². The standard InChI is InChI=1S/C26H31F3N2O3S/c1-4-5-6-13-31(24(34)30-20-10-8-19(9-11-20)26(27,28)29)21-14-17-7-12-22(16-18(17)15-21)35-25(2,3)23(32)33/h7-12,16,21H,4-6,13-15H2,1-3H3,(H,30,34)(H,32,33). The molecule has 5 nitrogen and oxygen atoms in total. The van der Waals surface area contributed by atoms with E-state index in [4.69, 9.17) is 0 Å². The minimum atomic E-state index is -4.43. The van der Waals surface area contributed by atoms with Crippen molar-refractivity contribution < 1.29 is 27.9 Å². The van der Waals surface area contributed by atoms with Gasteiger partial charge < -0.3 is 15.3 Å². The Bertz CT molecular complexity index is 1050. The number of nitrogens with one attached hydrogen (secondary N) is 1. The molecule has 1 atom stereocenters. The summed E-state index contributed by atoms with van der Waals surface area (Å²) in [6.07, 6.45) is -0.314. The quantitative estimate of drug-likeness (QED) is 0.287. The van der Waals surface area contributed by atoms with Gasteiger partial charge in [0.1, 0.15) is 4.75 Å². The van der Waals surface area contributed by atoms with Crippen molar-refractivity contribution in [1.82, 2.24) is 4.90 Å². The number of halogens is 3. The lowest BCUT2D eigenvalue weighted by molar-refractivity contribution is -0.139. The second-order valence-corrected chi connectivity index (χ2v) is 11.0. The van der Waals surface area contributed by atoms with Gasteiger partial charge in [-0.1, -0.05) is 25.8 Å². The van der Waals surface area contributed by atoms with Crippen LogP contribution in [0.15, 0.2) is 47.4 Å². The number of alkyl halides is 3. The Kier molecular flexibility index (Phi) is 8.41. The summed E-state index contributed by atoms with van der Waals surface area (Å²) in [4.78, 5) is 27.3. The molecule has 2 aromatic carbocycles. The molecule has 0 saturated carbocycles. The van der Waals surface area contributed by atoms with Gasteiger partial charge in [-0.2, -0.15) is 13.2 Å². The highest BCUT2D eigenvalue weighted by atomic mass is 32.2. The number of benzene rings is 2. The maximum Gasteiger partial charge on any atom is 0.416 e. The normalized spacial score (nSPS) is 15.5. The van der Waals surface area contributed by atoms with Crippen molar-refractivity contribution in [2.24, 2.45) is 0 Å². The van der Waals surface area contributed by atoms with Crippen LogP contribution in [0.4, 0.5) is 23.7 Å². The van der Waals surface area contributed by atoms with Crippen molar-refractivity contribution in [3.05, 3.63) is 59.2 Å². The molecule has 0 fully saturated rings. The molecule has 0 spiro atoms. The molecule has 1 aliphatic carbocycles. The van der Waals surface area contributed by atoms with E-state index in [0.717, 1.165) is 47.4 Å². The van der Waals surface area contributed by atoms with E-state index in [1.165, 1.54) is 23.9 Å². The first-order valence-corrected chi connectivity index (χ1v) is 12.5. The van der Waals surface area contributed by atoms with Crippen LogP contribution >= 0.6 is 11.8 Å². The number of nitrogens with zero attached hydrogens (tertiary/aromatic N) is 1. The first kappa shape index (κ1) is 26.9. The zero-order valence-electron chi connectivity index (χ0n) is 20.1. The number of carbonyl (C=O) groups excluding carboxylic acids is 1. The van der Waals surface area contributed by atoms with Gasteiger partial charge in [-0.15, -0.1) is 11.8 Å². The van der Waals surface area contributed by atoms with Crippen LogP contribution < -0.4 is 5.32 Å². The van der Waals surface area contributed by atoms with Crippen LogP contribution in [-0.4, -0.2) is 39.3 Å². The molecule has 1 aliphatic rings. The van der Waals surface area contributed by atoms with E-state index < -0.39 is 22.5 Å². The highest BCUT2D eigenvalue weighted by Crippen LogP contribution is 2.36. The van der Waals surface area contributed by atoms with Crippen molar-refractivity contribution in [1.29, 1.82) is 0 Å². The van der Waals surface area contributed by atoms with E-state index in [0.29, 0.717) is 25.1 Å². The van der Waals surface area contributed by atoms with E-state index >= 15 is 0 Å². The average molecular weight is 509 g/mol. The predicted octanol–water partition coefficient (Wildman–Crippen LogP) is 6.85. The molecule has 0 radical (unpaired) electrons. The van der Waals surface area contributed by atoms with E-state index in [2.05, 4.69) is 12.2 Å². The third-order valence-electron chi connectivity index (χ3n) is 6.14. The Morgan fingerprint density at radius 1 is 1.06 bits per heavy atom. The summed E-state index contributed by atoms with van der Waals surface area (Å²) in [5, 5.41) is 12.2. The lowest BCUT2D eigenvalue weighted by atomic mass is 10.1. The lowest BCUT2D eigenvalue weighted by Gasteiger charge is -2.29. The first-order valence-electron chi connectivity index (χ1n) is 11.7. The highest BCUT2D eigenvalue weighted by molar-refractivity contribution is 8.01. The summed E-state index contributed by atoms with van der Waals surface area (Å²) in [6, 6.07) is 9.95. The molecule has 0 bridgehead atoms. The molecular weight excluding hydrogens is 477 g/mol. The Labute approximate surface area is 208 Å². The summed E-state index contributed by atoms with van der Waals surface area (Å²) >= 11 is 1.28. The molecule has 190 valence electrons. The van der Waals surface area contributed by atoms with E-state index in [1.54, 1.807) is 18.7 Å². The number of carboxylic acid groups (broad SMARTS) is 1. The Hall–Kier alpha value is -2.68. The van der Waals surface area contributed by atoms with E-state index in [1.807, 2.05) is 18.2 Å². The number of unbranched alkanes of at least 4 members (excludes halogenated alkanes) is 2.